The number of fused-ring (bicyclic) bond motifs is 1. The second kappa shape index (κ2) is 3.79. The van der Waals surface area contributed by atoms with Gasteiger partial charge in [0.15, 0.2) is 12.1 Å². The molecule has 0 fully saturated rings. The van der Waals surface area contributed by atoms with Crippen LogP contribution in [0.25, 0.3) is 10.1 Å². The molecule has 0 N–H and O–H groups in total. The lowest BCUT2D eigenvalue weighted by Crippen LogP contribution is -1.78. The normalized spacial score (nSPS) is 10.7. The quantitative estimate of drug-likeness (QED) is 0.601. The summed E-state index contributed by atoms with van der Waals surface area (Å²) >= 11 is 4.52. The van der Waals surface area contributed by atoms with Crippen LogP contribution in [0.2, 0.25) is 0 Å². The van der Waals surface area contributed by atoms with E-state index < -0.39 is 5.82 Å². The lowest BCUT2D eigenvalue weighted by Gasteiger charge is -1.94. The molecule has 0 saturated carbocycles. The number of carbonyl (C=O) groups is 1. The molecule has 4 heteroatoms. The van der Waals surface area contributed by atoms with Crippen molar-refractivity contribution in [2.24, 2.45) is 0 Å². The van der Waals surface area contributed by atoms with Crippen molar-refractivity contribution in [3.05, 3.63) is 34.5 Å². The van der Waals surface area contributed by atoms with E-state index in [1.165, 1.54) is 11.3 Å². The van der Waals surface area contributed by atoms with Gasteiger partial charge in [0.25, 0.3) is 0 Å². The summed E-state index contributed by atoms with van der Waals surface area (Å²) in [6.45, 7) is 0. The number of rotatable bonds is 2. The summed E-state index contributed by atoms with van der Waals surface area (Å²) in [6.07, 6.45) is 0.563. The molecule has 14 heavy (non-hydrogen) atoms. The van der Waals surface area contributed by atoms with Crippen molar-refractivity contribution in [1.82, 2.24) is 0 Å². The van der Waals surface area contributed by atoms with Crippen LogP contribution < -0.4 is 0 Å². The van der Waals surface area contributed by atoms with Crippen LogP contribution >= 0.6 is 27.3 Å². The molecule has 0 aliphatic carbocycles. The van der Waals surface area contributed by atoms with E-state index >= 15 is 0 Å². The number of halogens is 2. The van der Waals surface area contributed by atoms with Gasteiger partial charge in [0.1, 0.15) is 4.88 Å². The molecule has 0 radical (unpaired) electrons. The molecule has 1 aromatic heterocycles. The van der Waals surface area contributed by atoms with Gasteiger partial charge in [0.2, 0.25) is 0 Å². The van der Waals surface area contributed by atoms with E-state index in [9.17, 15) is 9.18 Å². The summed E-state index contributed by atoms with van der Waals surface area (Å²) in [6, 6.07) is 5.46. The molecule has 2 aromatic rings. The molecular weight excluding hydrogens is 267 g/mol. The van der Waals surface area contributed by atoms with Gasteiger partial charge in [-0.1, -0.05) is 28.1 Å². The lowest BCUT2D eigenvalue weighted by atomic mass is 10.2. The zero-order chi connectivity index (χ0) is 10.1. The SMILES string of the molecule is O=Cc1sc2cc(CBr)ccc2c1F. The summed E-state index contributed by atoms with van der Waals surface area (Å²) in [7, 11) is 0. The van der Waals surface area contributed by atoms with Crippen LogP contribution in [-0.2, 0) is 5.33 Å². The largest absolute Gasteiger partial charge is 0.297 e. The molecule has 0 bridgehead atoms. The number of hydrogen-bond acceptors (Lipinski definition) is 2. The third kappa shape index (κ3) is 1.48. The third-order valence-corrected chi connectivity index (χ3v) is 3.68. The Labute approximate surface area is 92.7 Å². The first kappa shape index (κ1) is 9.80. The van der Waals surface area contributed by atoms with Crippen molar-refractivity contribution in [3.63, 3.8) is 0 Å². The van der Waals surface area contributed by atoms with Gasteiger partial charge < -0.3 is 0 Å². The van der Waals surface area contributed by atoms with Crippen LogP contribution in [-0.4, -0.2) is 6.29 Å². The van der Waals surface area contributed by atoms with Gasteiger partial charge in [-0.05, 0) is 11.6 Å². The van der Waals surface area contributed by atoms with Gasteiger partial charge in [-0.2, -0.15) is 0 Å². The highest BCUT2D eigenvalue weighted by Gasteiger charge is 2.10. The van der Waals surface area contributed by atoms with E-state index in [0.29, 0.717) is 11.7 Å². The van der Waals surface area contributed by atoms with E-state index in [1.54, 1.807) is 6.07 Å². The fourth-order valence-corrected chi connectivity index (χ4v) is 2.60. The Morgan fingerprint density at radius 3 is 2.93 bits per heavy atom. The number of hydrogen-bond donors (Lipinski definition) is 0. The lowest BCUT2D eigenvalue weighted by molar-refractivity contribution is 0.112. The number of aldehydes is 1. The van der Waals surface area contributed by atoms with Crippen molar-refractivity contribution >= 4 is 43.6 Å². The van der Waals surface area contributed by atoms with Gasteiger partial charge >= 0.3 is 0 Å². The van der Waals surface area contributed by atoms with Gasteiger partial charge in [-0.15, -0.1) is 11.3 Å². The number of benzene rings is 1. The van der Waals surface area contributed by atoms with Gasteiger partial charge in [0, 0.05) is 15.4 Å². The smallest absolute Gasteiger partial charge is 0.163 e. The van der Waals surface area contributed by atoms with Crippen LogP contribution in [0, 0.1) is 5.82 Å². The molecule has 0 aliphatic rings. The van der Waals surface area contributed by atoms with Gasteiger partial charge in [-0.25, -0.2) is 4.39 Å². The number of alkyl halides is 1. The van der Waals surface area contributed by atoms with Crippen LogP contribution in [0.1, 0.15) is 15.2 Å². The summed E-state index contributed by atoms with van der Waals surface area (Å²) < 4.78 is 14.3. The van der Waals surface area contributed by atoms with Crippen LogP contribution in [0.3, 0.4) is 0 Å². The molecule has 1 heterocycles. The molecule has 0 spiro atoms. The number of carbonyl (C=O) groups excluding carboxylic acids is 1. The fourth-order valence-electron chi connectivity index (χ4n) is 1.29. The maximum absolute atomic E-state index is 13.4. The topological polar surface area (TPSA) is 17.1 Å². The van der Waals surface area contributed by atoms with Crippen LogP contribution in [0.4, 0.5) is 4.39 Å². The molecule has 1 aromatic carbocycles. The van der Waals surface area contributed by atoms with E-state index in [4.69, 9.17) is 0 Å². The van der Waals surface area contributed by atoms with Crippen molar-refractivity contribution in [2.75, 3.05) is 0 Å². The summed E-state index contributed by atoms with van der Waals surface area (Å²) in [5, 5.41) is 1.26. The maximum Gasteiger partial charge on any atom is 0.163 e. The third-order valence-electron chi connectivity index (χ3n) is 1.98. The summed E-state index contributed by atoms with van der Waals surface area (Å²) in [4.78, 5) is 10.7. The second-order valence-corrected chi connectivity index (χ2v) is 4.51. The fraction of sp³-hybridized carbons (Fsp3) is 0.100. The van der Waals surface area contributed by atoms with E-state index in [2.05, 4.69) is 15.9 Å². The Morgan fingerprint density at radius 1 is 1.50 bits per heavy atom. The van der Waals surface area contributed by atoms with Crippen molar-refractivity contribution in [1.29, 1.82) is 0 Å². The minimum absolute atomic E-state index is 0.173. The second-order valence-electron chi connectivity index (χ2n) is 2.86. The average molecular weight is 273 g/mol. The molecule has 0 saturated heterocycles. The minimum Gasteiger partial charge on any atom is -0.297 e. The zero-order valence-electron chi connectivity index (χ0n) is 7.09. The highest BCUT2D eigenvalue weighted by Crippen LogP contribution is 2.30. The van der Waals surface area contributed by atoms with Gasteiger partial charge in [0.05, 0.1) is 0 Å². The standard InChI is InChI=1S/C10H6BrFOS/c11-4-6-1-2-7-8(3-6)14-9(5-13)10(7)12/h1-3,5H,4H2. The molecule has 0 atom stereocenters. The molecule has 1 nitrogen and oxygen atoms in total. The van der Waals surface area contributed by atoms with Crippen molar-refractivity contribution in [3.8, 4) is 0 Å². The van der Waals surface area contributed by atoms with Crippen molar-refractivity contribution < 1.29 is 9.18 Å². The van der Waals surface area contributed by atoms with Crippen LogP contribution in [0.15, 0.2) is 18.2 Å². The Morgan fingerprint density at radius 2 is 2.29 bits per heavy atom. The van der Waals surface area contributed by atoms with E-state index in [1.807, 2.05) is 12.1 Å². The Balaban J connectivity index is 2.72. The molecule has 0 aliphatic heterocycles. The number of thiophene rings is 1. The van der Waals surface area contributed by atoms with Crippen LogP contribution in [0.5, 0.6) is 0 Å². The molecule has 0 amide bonds. The predicted octanol–water partition coefficient (Wildman–Crippen LogP) is 3.75. The Hall–Kier alpha value is -0.740. The average Bonchev–Trinajstić information content (AvgIpc) is 2.55. The van der Waals surface area contributed by atoms with E-state index in [0.717, 1.165) is 15.6 Å². The first-order chi connectivity index (χ1) is 6.76. The predicted molar refractivity (Wildman–Crippen MR) is 59.8 cm³/mol. The monoisotopic (exact) mass is 272 g/mol. The summed E-state index contributed by atoms with van der Waals surface area (Å²) in [5.74, 6) is -0.402. The van der Waals surface area contributed by atoms with E-state index in [-0.39, 0.29) is 4.88 Å². The highest BCUT2D eigenvalue weighted by molar-refractivity contribution is 9.08. The first-order valence-electron chi connectivity index (χ1n) is 3.98. The van der Waals surface area contributed by atoms with Gasteiger partial charge in [-0.3, -0.25) is 4.79 Å². The highest BCUT2D eigenvalue weighted by atomic mass is 79.9. The summed E-state index contributed by atoms with van der Waals surface area (Å²) in [5.41, 5.74) is 1.08. The first-order valence-corrected chi connectivity index (χ1v) is 5.92. The van der Waals surface area contributed by atoms with Crippen molar-refractivity contribution in [2.45, 2.75) is 5.33 Å². The minimum atomic E-state index is -0.402. The maximum atomic E-state index is 13.4. The molecular formula is C10H6BrFOS. The molecule has 72 valence electrons. The zero-order valence-corrected chi connectivity index (χ0v) is 9.49. The Bertz CT molecular complexity index is 492. The molecule has 0 unspecified atom stereocenters. The Kier molecular flexibility index (Phi) is 2.65. The molecule has 2 rings (SSSR count).